The molecule has 204 valence electrons. The largest absolute Gasteiger partial charge is 0.497 e. The molecule has 1 aliphatic heterocycles. The number of carbonyl (C=O) groups excluding carboxylic acids is 2. The van der Waals surface area contributed by atoms with Crippen LogP contribution in [0.1, 0.15) is 27.0 Å². The number of methoxy groups -OCH3 is 1. The zero-order valence-corrected chi connectivity index (χ0v) is 22.9. The van der Waals surface area contributed by atoms with Crippen molar-refractivity contribution in [1.29, 1.82) is 0 Å². The van der Waals surface area contributed by atoms with Crippen LogP contribution >= 0.6 is 0 Å². The monoisotopic (exact) mass is 533 g/mol. The van der Waals surface area contributed by atoms with Gasteiger partial charge in [-0.1, -0.05) is 78.9 Å². The van der Waals surface area contributed by atoms with E-state index >= 15 is 0 Å². The van der Waals surface area contributed by atoms with E-state index in [9.17, 15) is 9.59 Å². The summed E-state index contributed by atoms with van der Waals surface area (Å²) in [5, 5.41) is 2.96. The first-order valence-electron chi connectivity index (χ1n) is 13.7. The van der Waals surface area contributed by atoms with Crippen molar-refractivity contribution in [2.75, 3.05) is 33.3 Å². The molecule has 0 unspecified atom stereocenters. The van der Waals surface area contributed by atoms with E-state index < -0.39 is 0 Å². The topological polar surface area (TPSA) is 61.9 Å². The number of carbonyl (C=O) groups is 2. The molecule has 40 heavy (non-hydrogen) atoms. The Morgan fingerprint density at radius 3 is 2.10 bits per heavy atom. The van der Waals surface area contributed by atoms with E-state index in [1.807, 2.05) is 59.5 Å². The fraction of sp³-hybridized carbons (Fsp3) is 0.235. The number of nitrogens with zero attached hydrogens (tertiary/aromatic N) is 2. The normalized spacial score (nSPS) is 13.6. The Labute approximate surface area is 236 Å². The van der Waals surface area contributed by atoms with Crippen LogP contribution in [0.3, 0.4) is 0 Å². The second-order valence-corrected chi connectivity index (χ2v) is 10.1. The first kappa shape index (κ1) is 27.2. The summed E-state index contributed by atoms with van der Waals surface area (Å²) in [6, 6.07) is 34.1. The highest BCUT2D eigenvalue weighted by molar-refractivity contribution is 5.94. The third-order valence-corrected chi connectivity index (χ3v) is 7.37. The lowest BCUT2D eigenvalue weighted by Crippen LogP contribution is -2.48. The number of ether oxygens (including phenoxy) is 1. The van der Waals surface area contributed by atoms with Crippen LogP contribution in [0.5, 0.6) is 5.75 Å². The van der Waals surface area contributed by atoms with E-state index in [4.69, 9.17) is 4.74 Å². The van der Waals surface area contributed by atoms with Gasteiger partial charge < -0.3 is 15.0 Å². The van der Waals surface area contributed by atoms with E-state index in [1.54, 1.807) is 7.11 Å². The highest BCUT2D eigenvalue weighted by Gasteiger charge is 2.22. The third-order valence-electron chi connectivity index (χ3n) is 7.37. The maximum atomic E-state index is 13.2. The summed E-state index contributed by atoms with van der Waals surface area (Å²) in [5.74, 6) is 0.777. The van der Waals surface area contributed by atoms with Gasteiger partial charge in [0.15, 0.2) is 0 Å². The smallest absolute Gasteiger partial charge is 0.253 e. The molecule has 0 saturated carbocycles. The van der Waals surface area contributed by atoms with Gasteiger partial charge in [-0.15, -0.1) is 0 Å². The molecule has 1 fully saturated rings. The van der Waals surface area contributed by atoms with Crippen LogP contribution in [0, 0.1) is 0 Å². The molecule has 0 spiro atoms. The van der Waals surface area contributed by atoms with Crippen molar-refractivity contribution in [2.45, 2.75) is 19.5 Å². The molecule has 4 aromatic carbocycles. The van der Waals surface area contributed by atoms with Crippen molar-refractivity contribution in [3.63, 3.8) is 0 Å². The zero-order valence-electron chi connectivity index (χ0n) is 22.9. The molecule has 6 heteroatoms. The predicted octanol–water partition coefficient (Wildman–Crippen LogP) is 5.18. The molecule has 1 N–H and O–H groups in total. The molecular weight excluding hydrogens is 498 g/mol. The molecule has 1 aliphatic rings. The number of rotatable bonds is 9. The summed E-state index contributed by atoms with van der Waals surface area (Å²) >= 11 is 0. The predicted molar refractivity (Wildman–Crippen MR) is 158 cm³/mol. The second kappa shape index (κ2) is 13.1. The summed E-state index contributed by atoms with van der Waals surface area (Å²) in [7, 11) is 1.62. The van der Waals surface area contributed by atoms with Gasteiger partial charge in [0.1, 0.15) is 5.75 Å². The average molecular weight is 534 g/mol. The van der Waals surface area contributed by atoms with Gasteiger partial charge >= 0.3 is 0 Å². The Balaban J connectivity index is 1.09. The molecule has 0 radical (unpaired) electrons. The summed E-state index contributed by atoms with van der Waals surface area (Å²) in [6.07, 6.45) is 0.310. The van der Waals surface area contributed by atoms with Crippen LogP contribution < -0.4 is 10.1 Å². The number of benzene rings is 4. The number of amides is 2. The molecule has 0 atom stereocenters. The Morgan fingerprint density at radius 2 is 1.40 bits per heavy atom. The standard InChI is InChI=1S/C34H35N3O3/c1-40-31-17-13-26(14-18-31)23-33(38)35-24-27-11-15-29(16-12-27)34(39)37-21-19-36(20-22-37)25-30-9-5-6-10-32(30)28-7-3-2-4-8-28/h2-18H,19-25H2,1H3,(H,35,38). The van der Waals surface area contributed by atoms with Gasteiger partial charge in [0.2, 0.25) is 5.91 Å². The SMILES string of the molecule is COc1ccc(CC(=O)NCc2ccc(C(=O)N3CCN(Cc4ccccc4-c4ccccc4)CC3)cc2)cc1. The molecule has 5 rings (SSSR count). The number of hydrogen-bond donors (Lipinski definition) is 1. The molecule has 1 saturated heterocycles. The second-order valence-electron chi connectivity index (χ2n) is 10.1. The molecule has 0 bridgehead atoms. The Hall–Kier alpha value is -4.42. The third kappa shape index (κ3) is 6.96. The van der Waals surface area contributed by atoms with Crippen molar-refractivity contribution in [3.8, 4) is 16.9 Å². The zero-order chi connectivity index (χ0) is 27.7. The highest BCUT2D eigenvalue weighted by Crippen LogP contribution is 2.25. The van der Waals surface area contributed by atoms with Crippen molar-refractivity contribution >= 4 is 11.8 Å². The lowest BCUT2D eigenvalue weighted by molar-refractivity contribution is -0.120. The minimum absolute atomic E-state index is 0.0467. The van der Waals surface area contributed by atoms with E-state index in [0.717, 1.165) is 36.5 Å². The minimum atomic E-state index is -0.0467. The minimum Gasteiger partial charge on any atom is -0.497 e. The Kier molecular flexibility index (Phi) is 8.89. The lowest BCUT2D eigenvalue weighted by atomic mass is 9.99. The summed E-state index contributed by atoms with van der Waals surface area (Å²) < 4.78 is 5.16. The van der Waals surface area contributed by atoms with Crippen molar-refractivity contribution in [2.24, 2.45) is 0 Å². The van der Waals surface area contributed by atoms with Crippen LogP contribution in [-0.2, 0) is 24.3 Å². The number of piperazine rings is 1. The summed E-state index contributed by atoms with van der Waals surface area (Å²) in [6.45, 7) is 4.38. The fourth-order valence-corrected chi connectivity index (χ4v) is 5.05. The number of nitrogens with one attached hydrogen (secondary N) is 1. The quantitative estimate of drug-likeness (QED) is 0.322. The van der Waals surface area contributed by atoms with Crippen molar-refractivity contribution < 1.29 is 14.3 Å². The average Bonchev–Trinajstić information content (AvgIpc) is 3.01. The van der Waals surface area contributed by atoms with E-state index in [1.165, 1.54) is 16.7 Å². The molecular formula is C34H35N3O3. The number of hydrogen-bond acceptors (Lipinski definition) is 4. The van der Waals surface area contributed by atoms with Crippen LogP contribution in [0.4, 0.5) is 0 Å². The maximum absolute atomic E-state index is 13.2. The first-order chi connectivity index (χ1) is 19.6. The lowest BCUT2D eigenvalue weighted by Gasteiger charge is -2.35. The van der Waals surface area contributed by atoms with E-state index in [-0.39, 0.29) is 11.8 Å². The van der Waals surface area contributed by atoms with E-state index in [2.05, 4.69) is 58.7 Å². The van der Waals surface area contributed by atoms with Gasteiger partial charge in [-0.05, 0) is 52.1 Å². The maximum Gasteiger partial charge on any atom is 0.253 e. The molecule has 0 aliphatic carbocycles. The molecule has 0 aromatic heterocycles. The van der Waals surface area contributed by atoms with Crippen molar-refractivity contribution in [3.05, 3.63) is 125 Å². The van der Waals surface area contributed by atoms with Gasteiger partial charge in [0.25, 0.3) is 5.91 Å². The highest BCUT2D eigenvalue weighted by atomic mass is 16.5. The van der Waals surface area contributed by atoms with Gasteiger partial charge in [-0.3, -0.25) is 14.5 Å². The van der Waals surface area contributed by atoms with Gasteiger partial charge in [0, 0.05) is 44.8 Å². The van der Waals surface area contributed by atoms with Gasteiger partial charge in [-0.25, -0.2) is 0 Å². The fourth-order valence-electron chi connectivity index (χ4n) is 5.05. The Morgan fingerprint density at radius 1 is 0.750 bits per heavy atom. The van der Waals surface area contributed by atoms with Crippen LogP contribution in [-0.4, -0.2) is 54.9 Å². The van der Waals surface area contributed by atoms with Gasteiger partial charge in [0.05, 0.1) is 13.5 Å². The van der Waals surface area contributed by atoms with Crippen LogP contribution in [0.25, 0.3) is 11.1 Å². The summed E-state index contributed by atoms with van der Waals surface area (Å²) in [5.41, 5.74) is 6.36. The molecule has 4 aromatic rings. The molecule has 1 heterocycles. The summed E-state index contributed by atoms with van der Waals surface area (Å²) in [4.78, 5) is 29.9. The van der Waals surface area contributed by atoms with Crippen LogP contribution in [0.15, 0.2) is 103 Å². The Bertz CT molecular complexity index is 1410. The van der Waals surface area contributed by atoms with Crippen molar-refractivity contribution in [1.82, 2.24) is 15.1 Å². The van der Waals surface area contributed by atoms with Crippen LogP contribution in [0.2, 0.25) is 0 Å². The first-order valence-corrected chi connectivity index (χ1v) is 13.7. The van der Waals surface area contributed by atoms with Gasteiger partial charge in [-0.2, -0.15) is 0 Å². The molecule has 6 nitrogen and oxygen atoms in total. The molecule has 2 amide bonds. The van der Waals surface area contributed by atoms with E-state index in [0.29, 0.717) is 31.6 Å².